The third kappa shape index (κ3) is 3.50. The fourth-order valence-electron chi connectivity index (χ4n) is 1.78. The van der Waals surface area contributed by atoms with E-state index >= 15 is 0 Å². The van der Waals surface area contributed by atoms with Crippen LogP contribution < -0.4 is 0 Å². The van der Waals surface area contributed by atoms with E-state index in [0.29, 0.717) is 12.8 Å². The Labute approximate surface area is 84.8 Å². The Kier molecular flexibility index (Phi) is 4.14. The molecule has 1 rings (SSSR count). The molecule has 0 saturated heterocycles. The van der Waals surface area contributed by atoms with Gasteiger partial charge >= 0.3 is 5.97 Å². The number of rotatable bonds is 2. The lowest BCUT2D eigenvalue weighted by Crippen LogP contribution is -2.32. The maximum atomic E-state index is 11.1. The van der Waals surface area contributed by atoms with Gasteiger partial charge in [-0.05, 0) is 32.1 Å². The fourth-order valence-corrected chi connectivity index (χ4v) is 1.78. The molecule has 1 N–H and O–H groups in total. The number of allylic oxidation sites excluding steroid dienone is 2. The fraction of sp³-hybridized carbons (Fsp3) is 0.727. The van der Waals surface area contributed by atoms with Crippen molar-refractivity contribution in [2.75, 3.05) is 7.11 Å². The Morgan fingerprint density at radius 3 is 2.86 bits per heavy atom. The van der Waals surface area contributed by atoms with Crippen LogP contribution in [0, 0.1) is 0 Å². The van der Waals surface area contributed by atoms with E-state index in [2.05, 4.69) is 16.9 Å². The van der Waals surface area contributed by atoms with Gasteiger partial charge in [-0.15, -0.1) is 0 Å². The Bertz CT molecular complexity index is 223. The molecule has 1 atom stereocenters. The highest BCUT2D eigenvalue weighted by Crippen LogP contribution is 2.26. The van der Waals surface area contributed by atoms with Gasteiger partial charge in [0.15, 0.2) is 0 Å². The van der Waals surface area contributed by atoms with E-state index in [1.54, 1.807) is 0 Å². The molecular weight excluding hydrogens is 180 g/mol. The van der Waals surface area contributed by atoms with E-state index in [0.717, 1.165) is 19.3 Å². The Balaban J connectivity index is 2.52. The Morgan fingerprint density at radius 1 is 1.43 bits per heavy atom. The van der Waals surface area contributed by atoms with Gasteiger partial charge in [0.05, 0.1) is 19.1 Å². The molecule has 0 heterocycles. The number of carbonyl (C=O) groups is 1. The molecule has 0 aromatic heterocycles. The van der Waals surface area contributed by atoms with Crippen LogP contribution in [-0.4, -0.2) is 23.8 Å². The standard InChI is InChI=1S/C11H18O3/c1-14-10(12)9-11(13)7-5-3-2-4-6-8-11/h2-3,13H,4-9H2,1H3/b3-2-. The lowest BCUT2D eigenvalue weighted by atomic mass is 9.86. The van der Waals surface area contributed by atoms with Crippen LogP contribution in [0.4, 0.5) is 0 Å². The Hall–Kier alpha value is -0.830. The van der Waals surface area contributed by atoms with E-state index in [4.69, 9.17) is 0 Å². The monoisotopic (exact) mass is 198 g/mol. The molecule has 80 valence electrons. The Morgan fingerprint density at radius 2 is 2.14 bits per heavy atom. The van der Waals surface area contributed by atoms with E-state index in [1.807, 2.05) is 0 Å². The van der Waals surface area contributed by atoms with E-state index in [-0.39, 0.29) is 12.4 Å². The maximum Gasteiger partial charge on any atom is 0.308 e. The molecule has 0 saturated carbocycles. The molecule has 0 aromatic rings. The van der Waals surface area contributed by atoms with Crippen LogP contribution in [0.5, 0.6) is 0 Å². The zero-order valence-electron chi connectivity index (χ0n) is 8.66. The topological polar surface area (TPSA) is 46.5 Å². The number of hydrogen-bond donors (Lipinski definition) is 1. The molecule has 1 aliphatic carbocycles. The van der Waals surface area contributed by atoms with Gasteiger partial charge in [0.2, 0.25) is 0 Å². The first-order valence-electron chi connectivity index (χ1n) is 5.10. The maximum absolute atomic E-state index is 11.1. The summed E-state index contributed by atoms with van der Waals surface area (Å²) in [6.45, 7) is 0. The number of hydrogen-bond acceptors (Lipinski definition) is 3. The highest BCUT2D eigenvalue weighted by molar-refractivity contribution is 5.70. The zero-order valence-corrected chi connectivity index (χ0v) is 8.66. The summed E-state index contributed by atoms with van der Waals surface area (Å²) in [5.74, 6) is -0.322. The van der Waals surface area contributed by atoms with Gasteiger partial charge in [-0.1, -0.05) is 12.2 Å². The number of methoxy groups -OCH3 is 1. The first-order chi connectivity index (χ1) is 6.66. The van der Waals surface area contributed by atoms with Crippen LogP contribution in [0.3, 0.4) is 0 Å². The minimum absolute atomic E-state index is 0.122. The van der Waals surface area contributed by atoms with Gasteiger partial charge in [-0.2, -0.15) is 0 Å². The van der Waals surface area contributed by atoms with E-state index < -0.39 is 5.60 Å². The lowest BCUT2D eigenvalue weighted by Gasteiger charge is -2.27. The summed E-state index contributed by atoms with van der Waals surface area (Å²) in [6.07, 6.45) is 8.43. The van der Waals surface area contributed by atoms with Gasteiger partial charge in [0, 0.05) is 0 Å². The lowest BCUT2D eigenvalue weighted by molar-refractivity contribution is -0.146. The van der Waals surface area contributed by atoms with Crippen molar-refractivity contribution < 1.29 is 14.6 Å². The predicted octanol–water partition coefficient (Wildman–Crippen LogP) is 1.80. The third-order valence-corrected chi connectivity index (χ3v) is 2.66. The average Bonchev–Trinajstić information content (AvgIpc) is 2.12. The summed E-state index contributed by atoms with van der Waals surface area (Å²) in [4.78, 5) is 11.1. The smallest absolute Gasteiger partial charge is 0.308 e. The first-order valence-corrected chi connectivity index (χ1v) is 5.10. The molecule has 14 heavy (non-hydrogen) atoms. The molecule has 0 fully saturated rings. The van der Waals surface area contributed by atoms with Crippen molar-refractivity contribution in [3.63, 3.8) is 0 Å². The summed E-state index contributed by atoms with van der Waals surface area (Å²) in [7, 11) is 1.36. The zero-order chi connectivity index (χ0) is 10.4. The number of ether oxygens (including phenoxy) is 1. The molecule has 0 radical (unpaired) electrons. The number of aliphatic hydroxyl groups is 1. The van der Waals surface area contributed by atoms with Gasteiger partial charge < -0.3 is 9.84 Å². The number of esters is 1. The van der Waals surface area contributed by atoms with Crippen molar-refractivity contribution in [3.8, 4) is 0 Å². The molecule has 1 aliphatic rings. The molecule has 0 amide bonds. The summed E-state index contributed by atoms with van der Waals surface area (Å²) in [5, 5.41) is 10.1. The van der Waals surface area contributed by atoms with E-state index in [1.165, 1.54) is 7.11 Å². The SMILES string of the molecule is COC(=O)CC1(O)CC/C=C\CCC1. The number of carbonyl (C=O) groups excluding carboxylic acids is 1. The minimum Gasteiger partial charge on any atom is -0.469 e. The van der Waals surface area contributed by atoms with Gasteiger partial charge in [0.25, 0.3) is 0 Å². The third-order valence-electron chi connectivity index (χ3n) is 2.66. The van der Waals surface area contributed by atoms with Gasteiger partial charge in [-0.3, -0.25) is 4.79 Å². The molecule has 0 spiro atoms. The summed E-state index contributed by atoms with van der Waals surface area (Å²) in [6, 6.07) is 0. The first kappa shape index (κ1) is 11.2. The second kappa shape index (κ2) is 5.15. The van der Waals surface area contributed by atoms with Crippen molar-refractivity contribution in [1.29, 1.82) is 0 Å². The van der Waals surface area contributed by atoms with Crippen LogP contribution in [0.25, 0.3) is 0 Å². The van der Waals surface area contributed by atoms with Crippen LogP contribution >= 0.6 is 0 Å². The van der Waals surface area contributed by atoms with Crippen molar-refractivity contribution in [2.45, 2.75) is 44.1 Å². The second-order valence-electron chi connectivity index (χ2n) is 3.88. The largest absolute Gasteiger partial charge is 0.469 e. The minimum atomic E-state index is -0.849. The summed E-state index contributed by atoms with van der Waals surface area (Å²) < 4.78 is 4.57. The quantitative estimate of drug-likeness (QED) is 0.543. The summed E-state index contributed by atoms with van der Waals surface area (Å²) in [5.41, 5.74) is -0.849. The van der Waals surface area contributed by atoms with Crippen molar-refractivity contribution in [3.05, 3.63) is 12.2 Å². The highest BCUT2D eigenvalue weighted by Gasteiger charge is 2.29. The molecule has 1 unspecified atom stereocenters. The van der Waals surface area contributed by atoms with Crippen LogP contribution in [0.1, 0.15) is 38.5 Å². The van der Waals surface area contributed by atoms with E-state index in [9.17, 15) is 9.90 Å². The normalized spacial score (nSPS) is 30.1. The van der Waals surface area contributed by atoms with Crippen LogP contribution in [0.15, 0.2) is 12.2 Å². The average molecular weight is 198 g/mol. The van der Waals surface area contributed by atoms with Crippen molar-refractivity contribution >= 4 is 5.97 Å². The van der Waals surface area contributed by atoms with Crippen LogP contribution in [0.2, 0.25) is 0 Å². The molecule has 0 bridgehead atoms. The van der Waals surface area contributed by atoms with Crippen molar-refractivity contribution in [2.24, 2.45) is 0 Å². The predicted molar refractivity (Wildman–Crippen MR) is 53.8 cm³/mol. The summed E-state index contributed by atoms with van der Waals surface area (Å²) >= 11 is 0. The van der Waals surface area contributed by atoms with Crippen LogP contribution in [-0.2, 0) is 9.53 Å². The van der Waals surface area contributed by atoms with Crippen molar-refractivity contribution in [1.82, 2.24) is 0 Å². The molecular formula is C11H18O3. The molecule has 3 nitrogen and oxygen atoms in total. The second-order valence-corrected chi connectivity index (χ2v) is 3.88. The molecule has 0 aromatic carbocycles. The highest BCUT2D eigenvalue weighted by atomic mass is 16.5. The molecule has 3 heteroatoms. The van der Waals surface area contributed by atoms with Gasteiger partial charge in [-0.25, -0.2) is 0 Å². The van der Waals surface area contributed by atoms with Gasteiger partial charge in [0.1, 0.15) is 0 Å². The molecule has 0 aliphatic heterocycles.